The molecule has 1 aromatic heterocycles. The highest BCUT2D eigenvalue weighted by Crippen LogP contribution is 2.11. The molecule has 2 N–H and O–H groups in total. The average molecular weight is 334 g/mol. The van der Waals surface area contributed by atoms with Gasteiger partial charge < -0.3 is 9.73 Å². The maximum atomic E-state index is 11.8. The van der Waals surface area contributed by atoms with Crippen LogP contribution in [0.3, 0.4) is 0 Å². The topological polar surface area (TPSA) is 71.3 Å². The van der Waals surface area contributed by atoms with Gasteiger partial charge >= 0.3 is 0 Å². The summed E-state index contributed by atoms with van der Waals surface area (Å²) in [5.41, 5.74) is 2.43. The van der Waals surface area contributed by atoms with E-state index in [0.29, 0.717) is 12.8 Å². The fraction of sp³-hybridized carbons (Fsp3) is 0.474. The van der Waals surface area contributed by atoms with Gasteiger partial charge in [0, 0.05) is 11.6 Å². The number of carbonyl (C=O) groups is 2. The van der Waals surface area contributed by atoms with Crippen LogP contribution in [0.2, 0.25) is 0 Å². The zero-order valence-corrected chi connectivity index (χ0v) is 15.7. The number of carbonyl (C=O) groups excluding carboxylic acids is 2. The molecule has 134 valence electrons. The van der Waals surface area contributed by atoms with Gasteiger partial charge in [-0.3, -0.25) is 14.9 Å². The number of nitrogens with one attached hydrogen (secondary N) is 2. The van der Waals surface area contributed by atoms with Gasteiger partial charge in [0.25, 0.3) is 0 Å². The molecule has 2 heterocycles. The smallest absolute Gasteiger partial charge is 0.249 e. The second-order valence-electron chi connectivity index (χ2n) is 4.71. The van der Waals surface area contributed by atoms with Gasteiger partial charge in [0.2, 0.25) is 11.8 Å². The van der Waals surface area contributed by atoms with Crippen LogP contribution in [0.5, 0.6) is 0 Å². The van der Waals surface area contributed by atoms with Crippen molar-refractivity contribution in [2.24, 2.45) is 0 Å². The van der Waals surface area contributed by atoms with Gasteiger partial charge in [0.1, 0.15) is 17.7 Å². The number of hydrogen-bond donors (Lipinski definition) is 2. The Bertz CT molecular complexity index is 671. The van der Waals surface area contributed by atoms with Crippen molar-refractivity contribution in [2.45, 2.75) is 60.4 Å². The summed E-state index contributed by atoms with van der Waals surface area (Å²) in [5, 5.41) is 6.37. The molecule has 2 rings (SSSR count). The number of amides is 2. The Hall–Kier alpha value is -2.30. The lowest BCUT2D eigenvalue weighted by molar-refractivity contribution is -0.133. The molecule has 0 bridgehead atoms. The summed E-state index contributed by atoms with van der Waals surface area (Å²) in [5.74, 6) is -0.524. The number of imide groups is 1. The van der Waals surface area contributed by atoms with Crippen molar-refractivity contribution in [3.63, 3.8) is 0 Å². The Balaban J connectivity index is 0.00000123. The zero-order valence-electron chi connectivity index (χ0n) is 15.7. The maximum absolute atomic E-state index is 11.8. The molecular formula is C19H30N2O3. The Kier molecular flexibility index (Phi) is 10.2. The van der Waals surface area contributed by atoms with E-state index in [4.69, 9.17) is 4.42 Å². The number of furan rings is 1. The Morgan fingerprint density at radius 1 is 1.33 bits per heavy atom. The average Bonchev–Trinajstić information content (AvgIpc) is 3.03. The van der Waals surface area contributed by atoms with E-state index in [0.717, 1.165) is 21.9 Å². The lowest BCUT2D eigenvalue weighted by Gasteiger charge is -2.22. The molecule has 1 aliphatic rings. The fourth-order valence-electron chi connectivity index (χ4n) is 2.22. The first-order valence-corrected chi connectivity index (χ1v) is 8.54. The minimum atomic E-state index is -0.425. The molecule has 0 saturated carbocycles. The van der Waals surface area contributed by atoms with E-state index < -0.39 is 6.04 Å². The van der Waals surface area contributed by atoms with Crippen molar-refractivity contribution >= 4 is 29.2 Å². The lowest BCUT2D eigenvalue weighted by atomic mass is 10.1. The van der Waals surface area contributed by atoms with Crippen LogP contribution in [0.1, 0.15) is 54.4 Å². The van der Waals surface area contributed by atoms with Gasteiger partial charge in [-0.2, -0.15) is 0 Å². The van der Waals surface area contributed by atoms with Gasteiger partial charge in [-0.05, 0) is 31.9 Å². The SMILES string of the molecule is C=C/C(C)=c1/c(NC2CCC(=O)NC2=O)co/c1=C/C.CC.CC. The molecule has 24 heavy (non-hydrogen) atoms. The van der Waals surface area contributed by atoms with E-state index >= 15 is 0 Å². The summed E-state index contributed by atoms with van der Waals surface area (Å²) in [6.07, 6.45) is 6.01. The largest absolute Gasteiger partial charge is 0.462 e. The molecule has 0 aliphatic carbocycles. The van der Waals surface area contributed by atoms with Gasteiger partial charge in [-0.25, -0.2) is 0 Å². The maximum Gasteiger partial charge on any atom is 0.249 e. The third kappa shape index (κ3) is 5.41. The third-order valence-electron chi connectivity index (χ3n) is 3.35. The van der Waals surface area contributed by atoms with Gasteiger partial charge in [-0.1, -0.05) is 40.3 Å². The van der Waals surface area contributed by atoms with Crippen LogP contribution in [0.15, 0.2) is 23.3 Å². The molecule has 1 fully saturated rings. The van der Waals surface area contributed by atoms with Crippen molar-refractivity contribution in [3.05, 3.63) is 29.6 Å². The molecule has 0 aromatic carbocycles. The van der Waals surface area contributed by atoms with Crippen LogP contribution in [-0.2, 0) is 9.59 Å². The predicted molar refractivity (Wildman–Crippen MR) is 99.9 cm³/mol. The number of hydrogen-bond acceptors (Lipinski definition) is 4. The summed E-state index contributed by atoms with van der Waals surface area (Å²) in [7, 11) is 0. The van der Waals surface area contributed by atoms with Gasteiger partial charge in [-0.15, -0.1) is 0 Å². The second kappa shape index (κ2) is 11.3. The highest BCUT2D eigenvalue weighted by Gasteiger charge is 2.26. The van der Waals surface area contributed by atoms with Crippen molar-refractivity contribution < 1.29 is 14.0 Å². The molecule has 1 aromatic rings. The molecule has 0 radical (unpaired) electrons. The number of piperidine rings is 1. The molecular weight excluding hydrogens is 304 g/mol. The molecule has 5 heteroatoms. The molecule has 2 amide bonds. The minimum Gasteiger partial charge on any atom is -0.462 e. The number of allylic oxidation sites excluding steroid dienone is 1. The van der Waals surface area contributed by atoms with E-state index in [1.54, 1.807) is 12.3 Å². The first kappa shape index (κ1) is 21.7. The van der Waals surface area contributed by atoms with Crippen LogP contribution in [0.4, 0.5) is 5.69 Å². The lowest BCUT2D eigenvalue weighted by Crippen LogP contribution is -2.48. The van der Waals surface area contributed by atoms with Crippen LogP contribution in [0, 0.1) is 0 Å². The minimum absolute atomic E-state index is 0.225. The predicted octanol–water partition coefficient (Wildman–Crippen LogP) is 2.71. The summed E-state index contributed by atoms with van der Waals surface area (Å²) < 4.78 is 5.48. The summed E-state index contributed by atoms with van der Waals surface area (Å²) in [4.78, 5) is 22.9. The highest BCUT2D eigenvalue weighted by atomic mass is 16.3. The summed E-state index contributed by atoms with van der Waals surface area (Å²) in [6.45, 7) is 15.6. The van der Waals surface area contributed by atoms with E-state index in [2.05, 4.69) is 17.2 Å². The number of anilines is 1. The summed E-state index contributed by atoms with van der Waals surface area (Å²) in [6, 6.07) is -0.425. The van der Waals surface area contributed by atoms with Crippen molar-refractivity contribution in [1.29, 1.82) is 0 Å². The van der Waals surface area contributed by atoms with Crippen LogP contribution in [-0.4, -0.2) is 17.9 Å². The second-order valence-corrected chi connectivity index (χ2v) is 4.71. The van der Waals surface area contributed by atoms with Crippen LogP contribution in [0.25, 0.3) is 11.6 Å². The zero-order chi connectivity index (χ0) is 18.7. The Labute approximate surface area is 144 Å². The normalized spacial score (nSPS) is 18.4. The summed E-state index contributed by atoms with van der Waals surface area (Å²) >= 11 is 0. The van der Waals surface area contributed by atoms with Crippen LogP contribution < -0.4 is 21.3 Å². The van der Waals surface area contributed by atoms with Crippen molar-refractivity contribution in [2.75, 3.05) is 5.32 Å². The van der Waals surface area contributed by atoms with E-state index in [1.807, 2.05) is 47.6 Å². The van der Waals surface area contributed by atoms with E-state index in [-0.39, 0.29) is 11.8 Å². The van der Waals surface area contributed by atoms with Gasteiger partial charge in [0.15, 0.2) is 0 Å². The molecule has 0 spiro atoms. The molecule has 1 aliphatic heterocycles. The van der Waals surface area contributed by atoms with Crippen LogP contribution >= 0.6 is 0 Å². The first-order valence-electron chi connectivity index (χ1n) is 8.54. The Morgan fingerprint density at radius 2 is 1.96 bits per heavy atom. The highest BCUT2D eigenvalue weighted by molar-refractivity contribution is 6.01. The van der Waals surface area contributed by atoms with E-state index in [1.165, 1.54) is 0 Å². The van der Waals surface area contributed by atoms with Gasteiger partial charge in [0.05, 0.1) is 5.69 Å². The standard InChI is InChI=1S/C15H18N2O3.2C2H6/c1-4-9(3)14-11(8-20-12(14)5-2)16-10-6-7-13(18)17-15(10)19;2*1-2/h4-5,8,10,16H,1,6-7H2,2-3H3,(H,17,18,19);2*1-2H3/b12-5+,14-9-;;. The molecule has 5 nitrogen and oxygen atoms in total. The third-order valence-corrected chi connectivity index (χ3v) is 3.35. The fourth-order valence-corrected chi connectivity index (χ4v) is 2.22. The molecule has 1 unspecified atom stereocenters. The first-order chi connectivity index (χ1) is 11.6. The number of rotatable bonds is 3. The molecule has 1 saturated heterocycles. The van der Waals surface area contributed by atoms with Crippen molar-refractivity contribution in [3.8, 4) is 0 Å². The van der Waals surface area contributed by atoms with Crippen molar-refractivity contribution in [1.82, 2.24) is 5.32 Å². The quantitative estimate of drug-likeness (QED) is 0.834. The Morgan fingerprint density at radius 3 is 2.46 bits per heavy atom. The monoisotopic (exact) mass is 334 g/mol. The molecule has 1 atom stereocenters. The van der Waals surface area contributed by atoms with E-state index in [9.17, 15) is 9.59 Å².